The topological polar surface area (TPSA) is 76.0 Å². The summed E-state index contributed by atoms with van der Waals surface area (Å²) in [5, 5.41) is 20.1. The Kier molecular flexibility index (Phi) is 6.84. The minimum Gasteiger partial charge on any atom is -0.497 e. The lowest BCUT2D eigenvalue weighted by atomic mass is 10.0. The standard InChI is InChI=1S/C14H20O5S/c1-9(15)20-7-6-12(16)14(17)11-5-4-10(18-2)8-13(11)19-3/h4-5,8,12,14,16-17H,6-7H2,1-3H3. The number of benzene rings is 1. The van der Waals surface area contributed by atoms with Crippen LogP contribution in [-0.4, -0.2) is 41.4 Å². The van der Waals surface area contributed by atoms with Crippen LogP contribution in [-0.2, 0) is 4.79 Å². The zero-order chi connectivity index (χ0) is 15.1. The van der Waals surface area contributed by atoms with Gasteiger partial charge >= 0.3 is 0 Å². The molecular formula is C14H20O5S. The normalized spacial score (nSPS) is 13.7. The van der Waals surface area contributed by atoms with Crippen molar-refractivity contribution < 1.29 is 24.5 Å². The van der Waals surface area contributed by atoms with Crippen molar-refractivity contribution in [1.82, 2.24) is 0 Å². The van der Waals surface area contributed by atoms with Gasteiger partial charge in [0.25, 0.3) is 0 Å². The second-order valence-electron chi connectivity index (χ2n) is 4.25. The monoisotopic (exact) mass is 300 g/mol. The van der Waals surface area contributed by atoms with E-state index < -0.39 is 12.2 Å². The van der Waals surface area contributed by atoms with Gasteiger partial charge in [-0.15, -0.1) is 0 Å². The van der Waals surface area contributed by atoms with Gasteiger partial charge in [0.15, 0.2) is 5.12 Å². The van der Waals surface area contributed by atoms with Gasteiger partial charge in [-0.2, -0.15) is 0 Å². The lowest BCUT2D eigenvalue weighted by molar-refractivity contribution is -0.109. The molecule has 0 aliphatic rings. The molecule has 0 heterocycles. The Hall–Kier alpha value is -1.24. The van der Waals surface area contributed by atoms with Crippen molar-refractivity contribution in [3.8, 4) is 11.5 Å². The van der Waals surface area contributed by atoms with E-state index in [0.717, 1.165) is 11.8 Å². The zero-order valence-electron chi connectivity index (χ0n) is 11.8. The van der Waals surface area contributed by atoms with E-state index in [1.165, 1.54) is 14.0 Å². The van der Waals surface area contributed by atoms with Gasteiger partial charge < -0.3 is 19.7 Å². The van der Waals surface area contributed by atoms with E-state index in [-0.39, 0.29) is 5.12 Å². The molecule has 1 rings (SSSR count). The van der Waals surface area contributed by atoms with Crippen molar-refractivity contribution in [3.63, 3.8) is 0 Å². The number of hydrogen-bond acceptors (Lipinski definition) is 6. The average molecular weight is 300 g/mol. The molecule has 0 fully saturated rings. The molecule has 1 aromatic rings. The lowest BCUT2D eigenvalue weighted by Crippen LogP contribution is -2.19. The summed E-state index contributed by atoms with van der Waals surface area (Å²) in [5.74, 6) is 1.53. The van der Waals surface area contributed by atoms with Crippen LogP contribution in [0.4, 0.5) is 0 Å². The molecule has 0 aromatic heterocycles. The van der Waals surface area contributed by atoms with Crippen LogP contribution in [0, 0.1) is 0 Å². The summed E-state index contributed by atoms with van der Waals surface area (Å²) in [7, 11) is 3.03. The van der Waals surface area contributed by atoms with Crippen molar-refractivity contribution in [2.45, 2.75) is 25.6 Å². The summed E-state index contributed by atoms with van der Waals surface area (Å²) >= 11 is 1.13. The Morgan fingerprint density at radius 2 is 2.00 bits per heavy atom. The van der Waals surface area contributed by atoms with Crippen molar-refractivity contribution >= 4 is 16.9 Å². The molecule has 1 aromatic carbocycles. The molecular weight excluding hydrogens is 280 g/mol. The molecule has 0 bridgehead atoms. The number of thioether (sulfide) groups is 1. The molecule has 0 aliphatic carbocycles. The Morgan fingerprint density at radius 1 is 1.30 bits per heavy atom. The van der Waals surface area contributed by atoms with Gasteiger partial charge in [0.1, 0.15) is 17.6 Å². The van der Waals surface area contributed by atoms with E-state index in [4.69, 9.17) is 9.47 Å². The van der Waals surface area contributed by atoms with E-state index in [1.54, 1.807) is 25.3 Å². The van der Waals surface area contributed by atoms with Gasteiger partial charge in [-0.1, -0.05) is 11.8 Å². The summed E-state index contributed by atoms with van der Waals surface area (Å²) in [5.41, 5.74) is 0.494. The fraction of sp³-hybridized carbons (Fsp3) is 0.500. The third-order valence-corrected chi connectivity index (χ3v) is 3.69. The molecule has 0 radical (unpaired) electrons. The molecule has 2 atom stereocenters. The van der Waals surface area contributed by atoms with Gasteiger partial charge in [0, 0.05) is 24.3 Å². The largest absolute Gasteiger partial charge is 0.497 e. The predicted octanol–water partition coefficient (Wildman–Crippen LogP) is 1.77. The third kappa shape index (κ3) is 4.70. The smallest absolute Gasteiger partial charge is 0.185 e. The number of aliphatic hydroxyl groups is 2. The van der Waals surface area contributed by atoms with E-state index in [1.807, 2.05) is 0 Å². The minimum atomic E-state index is -1.07. The highest BCUT2D eigenvalue weighted by Gasteiger charge is 2.22. The van der Waals surface area contributed by atoms with E-state index in [2.05, 4.69) is 0 Å². The molecule has 112 valence electrons. The number of carbonyl (C=O) groups excluding carboxylic acids is 1. The number of rotatable bonds is 7. The van der Waals surface area contributed by atoms with Crippen LogP contribution in [0.15, 0.2) is 18.2 Å². The molecule has 2 unspecified atom stereocenters. The first-order valence-corrected chi connectivity index (χ1v) is 7.19. The van der Waals surface area contributed by atoms with Gasteiger partial charge in [-0.3, -0.25) is 4.79 Å². The number of ether oxygens (including phenoxy) is 2. The van der Waals surface area contributed by atoms with Gasteiger partial charge in [-0.25, -0.2) is 0 Å². The minimum absolute atomic E-state index is 0.00582. The van der Waals surface area contributed by atoms with Gasteiger partial charge in [-0.05, 0) is 18.6 Å². The highest BCUT2D eigenvalue weighted by atomic mass is 32.2. The highest BCUT2D eigenvalue weighted by Crippen LogP contribution is 2.32. The van der Waals surface area contributed by atoms with Crippen molar-refractivity contribution in [2.24, 2.45) is 0 Å². The lowest BCUT2D eigenvalue weighted by Gasteiger charge is -2.20. The Bertz CT molecular complexity index is 449. The second kappa shape index (κ2) is 8.14. The highest BCUT2D eigenvalue weighted by molar-refractivity contribution is 8.13. The van der Waals surface area contributed by atoms with E-state index in [9.17, 15) is 15.0 Å². The van der Waals surface area contributed by atoms with Crippen LogP contribution >= 0.6 is 11.8 Å². The zero-order valence-corrected chi connectivity index (χ0v) is 12.6. The van der Waals surface area contributed by atoms with E-state index >= 15 is 0 Å². The van der Waals surface area contributed by atoms with Crippen LogP contribution < -0.4 is 9.47 Å². The maximum Gasteiger partial charge on any atom is 0.185 e. The molecule has 20 heavy (non-hydrogen) atoms. The average Bonchev–Trinajstić information content (AvgIpc) is 2.45. The molecule has 2 N–H and O–H groups in total. The van der Waals surface area contributed by atoms with Crippen LogP contribution in [0.5, 0.6) is 11.5 Å². The summed E-state index contributed by atoms with van der Waals surface area (Å²) in [4.78, 5) is 10.8. The summed E-state index contributed by atoms with van der Waals surface area (Å²) in [6.45, 7) is 1.47. The quantitative estimate of drug-likeness (QED) is 0.799. The summed E-state index contributed by atoms with van der Waals surface area (Å²) < 4.78 is 10.3. The first-order valence-electron chi connectivity index (χ1n) is 6.21. The van der Waals surface area contributed by atoms with Crippen LogP contribution in [0.2, 0.25) is 0 Å². The maximum absolute atomic E-state index is 10.8. The van der Waals surface area contributed by atoms with E-state index in [0.29, 0.717) is 29.2 Å². The first-order chi connectivity index (χ1) is 9.49. The molecule has 0 saturated carbocycles. The number of aliphatic hydroxyl groups excluding tert-OH is 2. The second-order valence-corrected chi connectivity index (χ2v) is 5.52. The Balaban J connectivity index is 2.74. The number of hydrogen-bond donors (Lipinski definition) is 2. The Labute approximate surface area is 122 Å². The predicted molar refractivity (Wildman–Crippen MR) is 78.3 cm³/mol. The molecule has 0 aliphatic heterocycles. The molecule has 0 amide bonds. The molecule has 0 saturated heterocycles. The van der Waals surface area contributed by atoms with Crippen LogP contribution in [0.25, 0.3) is 0 Å². The molecule has 0 spiro atoms. The van der Waals surface area contributed by atoms with Crippen molar-refractivity contribution in [3.05, 3.63) is 23.8 Å². The van der Waals surface area contributed by atoms with Crippen molar-refractivity contribution in [1.29, 1.82) is 0 Å². The van der Waals surface area contributed by atoms with Gasteiger partial charge in [0.05, 0.1) is 20.3 Å². The Morgan fingerprint density at radius 3 is 2.55 bits per heavy atom. The molecule has 5 nitrogen and oxygen atoms in total. The molecule has 6 heteroatoms. The van der Waals surface area contributed by atoms with Crippen LogP contribution in [0.1, 0.15) is 25.0 Å². The maximum atomic E-state index is 10.8. The van der Waals surface area contributed by atoms with Gasteiger partial charge in [0.2, 0.25) is 0 Å². The SMILES string of the molecule is COc1ccc(C(O)C(O)CCSC(C)=O)c(OC)c1. The fourth-order valence-electron chi connectivity index (χ4n) is 1.75. The van der Waals surface area contributed by atoms with Crippen molar-refractivity contribution in [2.75, 3.05) is 20.0 Å². The summed E-state index contributed by atoms with van der Waals surface area (Å²) in [6, 6.07) is 5.00. The fourth-order valence-corrected chi connectivity index (χ4v) is 2.40. The number of methoxy groups -OCH3 is 2. The summed E-state index contributed by atoms with van der Waals surface area (Å²) in [6.07, 6.45) is -1.70. The third-order valence-electron chi connectivity index (χ3n) is 2.84. The van der Waals surface area contributed by atoms with Crippen LogP contribution in [0.3, 0.4) is 0 Å². The first kappa shape index (κ1) is 16.8. The number of carbonyl (C=O) groups is 1.